The summed E-state index contributed by atoms with van der Waals surface area (Å²) < 4.78 is 10.6. The highest BCUT2D eigenvalue weighted by Crippen LogP contribution is 2.35. The van der Waals surface area contributed by atoms with Gasteiger partial charge in [0.25, 0.3) is 5.91 Å². The average molecular weight is 298 g/mol. The third kappa shape index (κ3) is 2.85. The predicted octanol–water partition coefficient (Wildman–Crippen LogP) is 2.63. The normalized spacial score (nSPS) is 11.9. The molecule has 1 aliphatic rings. The molecule has 0 radical (unpaired) electrons. The number of amides is 2. The van der Waals surface area contributed by atoms with Crippen LogP contribution in [0, 0.1) is 0 Å². The van der Waals surface area contributed by atoms with Crippen LogP contribution in [0.15, 0.2) is 42.5 Å². The second-order valence-corrected chi connectivity index (χ2v) is 4.76. The molecule has 22 heavy (non-hydrogen) atoms. The lowest BCUT2D eigenvalue weighted by molar-refractivity contribution is -0.114. The molecule has 0 aliphatic carbocycles. The Labute approximate surface area is 127 Å². The summed E-state index contributed by atoms with van der Waals surface area (Å²) in [5, 5.41) is 5.44. The molecule has 0 aromatic heterocycles. The number of carbonyl (C=O) groups is 2. The summed E-state index contributed by atoms with van der Waals surface area (Å²) in [5.74, 6) is 0.523. The number of nitrogens with one attached hydrogen (secondary N) is 2. The lowest BCUT2D eigenvalue weighted by atomic mass is 10.1. The number of para-hydroxylation sites is 1. The first-order valence-electron chi connectivity index (χ1n) is 6.71. The summed E-state index contributed by atoms with van der Waals surface area (Å²) in [5.41, 5.74) is 1.59. The first-order chi connectivity index (χ1) is 10.6. The number of rotatable bonds is 3. The number of hydrogen-bond acceptors (Lipinski definition) is 4. The molecule has 0 bridgehead atoms. The molecule has 2 aromatic rings. The molecule has 3 rings (SSSR count). The molecule has 0 saturated carbocycles. The van der Waals surface area contributed by atoms with E-state index in [0.29, 0.717) is 28.4 Å². The summed E-state index contributed by atoms with van der Waals surface area (Å²) >= 11 is 0. The average Bonchev–Trinajstić information content (AvgIpc) is 2.95. The van der Waals surface area contributed by atoms with Crippen molar-refractivity contribution in [2.24, 2.45) is 0 Å². The van der Waals surface area contributed by atoms with Crippen molar-refractivity contribution in [3.63, 3.8) is 0 Å². The molecule has 0 spiro atoms. The van der Waals surface area contributed by atoms with Crippen LogP contribution in [-0.2, 0) is 4.79 Å². The molecular formula is C16H14N2O4. The van der Waals surface area contributed by atoms with E-state index < -0.39 is 0 Å². The van der Waals surface area contributed by atoms with Crippen LogP contribution >= 0.6 is 0 Å². The molecule has 1 heterocycles. The van der Waals surface area contributed by atoms with Gasteiger partial charge in [-0.1, -0.05) is 12.1 Å². The molecular weight excluding hydrogens is 284 g/mol. The summed E-state index contributed by atoms with van der Waals surface area (Å²) in [7, 11) is 0. The lowest BCUT2D eigenvalue weighted by Gasteiger charge is -2.09. The molecule has 112 valence electrons. The van der Waals surface area contributed by atoms with Crippen molar-refractivity contribution >= 4 is 23.2 Å². The van der Waals surface area contributed by atoms with Gasteiger partial charge in [0.1, 0.15) is 0 Å². The molecule has 0 atom stereocenters. The number of hydrogen-bond donors (Lipinski definition) is 2. The highest BCUT2D eigenvalue weighted by molar-refractivity contribution is 6.07. The molecule has 0 unspecified atom stereocenters. The SMILES string of the molecule is CC(=O)Nc1cccc(NC(=O)c2cccc3c2OCO3)c1. The maximum Gasteiger partial charge on any atom is 0.259 e. The molecule has 6 heteroatoms. The van der Waals surface area contributed by atoms with E-state index in [1.165, 1.54) is 6.92 Å². The van der Waals surface area contributed by atoms with E-state index in [0.717, 1.165) is 0 Å². The van der Waals surface area contributed by atoms with Crippen LogP contribution in [0.1, 0.15) is 17.3 Å². The minimum atomic E-state index is -0.303. The molecule has 6 nitrogen and oxygen atoms in total. The smallest absolute Gasteiger partial charge is 0.259 e. The lowest BCUT2D eigenvalue weighted by Crippen LogP contribution is -2.13. The maximum atomic E-state index is 12.4. The first-order valence-corrected chi connectivity index (χ1v) is 6.71. The van der Waals surface area contributed by atoms with Crippen LogP contribution < -0.4 is 20.1 Å². The van der Waals surface area contributed by atoms with Gasteiger partial charge in [0, 0.05) is 18.3 Å². The van der Waals surface area contributed by atoms with Gasteiger partial charge in [0.15, 0.2) is 11.5 Å². The van der Waals surface area contributed by atoms with Crippen LogP contribution in [-0.4, -0.2) is 18.6 Å². The zero-order valence-electron chi connectivity index (χ0n) is 11.9. The van der Waals surface area contributed by atoms with Crippen LogP contribution in [0.4, 0.5) is 11.4 Å². The van der Waals surface area contributed by atoms with Crippen molar-refractivity contribution in [3.05, 3.63) is 48.0 Å². The quantitative estimate of drug-likeness (QED) is 0.913. The van der Waals surface area contributed by atoms with E-state index in [1.807, 2.05) is 0 Å². The van der Waals surface area contributed by atoms with E-state index in [-0.39, 0.29) is 18.6 Å². The van der Waals surface area contributed by atoms with Gasteiger partial charge in [-0.15, -0.1) is 0 Å². The van der Waals surface area contributed by atoms with Crippen molar-refractivity contribution in [2.75, 3.05) is 17.4 Å². The van der Waals surface area contributed by atoms with Crippen molar-refractivity contribution < 1.29 is 19.1 Å². The minimum Gasteiger partial charge on any atom is -0.454 e. The molecule has 1 aliphatic heterocycles. The number of benzene rings is 2. The standard InChI is InChI=1S/C16H14N2O4/c1-10(19)17-11-4-2-5-12(8-11)18-16(20)13-6-3-7-14-15(13)22-9-21-14/h2-8H,9H2,1H3,(H,17,19)(H,18,20). The van der Waals surface area contributed by atoms with Crippen LogP contribution in [0.5, 0.6) is 11.5 Å². The zero-order chi connectivity index (χ0) is 15.5. The van der Waals surface area contributed by atoms with E-state index in [9.17, 15) is 9.59 Å². The van der Waals surface area contributed by atoms with Crippen molar-refractivity contribution in [1.82, 2.24) is 0 Å². The third-order valence-electron chi connectivity index (χ3n) is 3.08. The van der Waals surface area contributed by atoms with Gasteiger partial charge < -0.3 is 20.1 Å². The molecule has 0 saturated heterocycles. The Balaban J connectivity index is 1.80. The topological polar surface area (TPSA) is 76.7 Å². The fourth-order valence-corrected chi connectivity index (χ4v) is 2.19. The van der Waals surface area contributed by atoms with E-state index >= 15 is 0 Å². The highest BCUT2D eigenvalue weighted by atomic mass is 16.7. The Morgan fingerprint density at radius 3 is 2.50 bits per heavy atom. The summed E-state index contributed by atoms with van der Waals surface area (Å²) in [4.78, 5) is 23.4. The predicted molar refractivity (Wildman–Crippen MR) is 81.3 cm³/mol. The fraction of sp³-hybridized carbons (Fsp3) is 0.125. The first kappa shape index (κ1) is 13.9. The van der Waals surface area contributed by atoms with Gasteiger partial charge >= 0.3 is 0 Å². The number of carbonyl (C=O) groups excluding carboxylic acids is 2. The molecule has 2 aromatic carbocycles. The Morgan fingerprint density at radius 2 is 1.73 bits per heavy atom. The summed E-state index contributed by atoms with van der Waals surface area (Å²) in [6.07, 6.45) is 0. The Kier molecular flexibility index (Phi) is 3.65. The van der Waals surface area contributed by atoms with Gasteiger partial charge in [-0.25, -0.2) is 0 Å². The summed E-state index contributed by atoms with van der Waals surface area (Å²) in [6, 6.07) is 12.1. The number of ether oxygens (including phenoxy) is 2. The van der Waals surface area contributed by atoms with Gasteiger partial charge in [-0.2, -0.15) is 0 Å². The van der Waals surface area contributed by atoms with E-state index in [1.54, 1.807) is 42.5 Å². The van der Waals surface area contributed by atoms with Gasteiger partial charge in [0.05, 0.1) is 5.56 Å². The molecule has 2 amide bonds. The monoisotopic (exact) mass is 298 g/mol. The van der Waals surface area contributed by atoms with Crippen molar-refractivity contribution in [3.8, 4) is 11.5 Å². The van der Waals surface area contributed by atoms with Crippen LogP contribution in [0.2, 0.25) is 0 Å². The van der Waals surface area contributed by atoms with Gasteiger partial charge in [-0.05, 0) is 30.3 Å². The van der Waals surface area contributed by atoms with Crippen molar-refractivity contribution in [2.45, 2.75) is 6.92 Å². The highest BCUT2D eigenvalue weighted by Gasteiger charge is 2.21. The Morgan fingerprint density at radius 1 is 1.00 bits per heavy atom. The summed E-state index contributed by atoms with van der Waals surface area (Å²) in [6.45, 7) is 1.54. The molecule has 2 N–H and O–H groups in total. The second kappa shape index (κ2) is 5.77. The molecule has 0 fully saturated rings. The Bertz CT molecular complexity index is 743. The van der Waals surface area contributed by atoms with Gasteiger partial charge in [-0.3, -0.25) is 9.59 Å². The van der Waals surface area contributed by atoms with Crippen LogP contribution in [0.25, 0.3) is 0 Å². The van der Waals surface area contributed by atoms with Gasteiger partial charge in [0.2, 0.25) is 12.7 Å². The minimum absolute atomic E-state index is 0.109. The van der Waals surface area contributed by atoms with Crippen LogP contribution in [0.3, 0.4) is 0 Å². The number of anilines is 2. The van der Waals surface area contributed by atoms with E-state index in [4.69, 9.17) is 9.47 Å². The number of fused-ring (bicyclic) bond motifs is 1. The zero-order valence-corrected chi connectivity index (χ0v) is 11.9. The third-order valence-corrected chi connectivity index (χ3v) is 3.08. The largest absolute Gasteiger partial charge is 0.454 e. The second-order valence-electron chi connectivity index (χ2n) is 4.76. The maximum absolute atomic E-state index is 12.4. The van der Waals surface area contributed by atoms with Crippen molar-refractivity contribution in [1.29, 1.82) is 0 Å². The fourth-order valence-electron chi connectivity index (χ4n) is 2.19. The Hall–Kier alpha value is -3.02. The van der Waals surface area contributed by atoms with E-state index in [2.05, 4.69) is 10.6 Å².